The molecule has 0 aromatic carbocycles. The van der Waals surface area contributed by atoms with E-state index in [1.165, 1.54) is 0 Å². The van der Waals surface area contributed by atoms with Crippen molar-refractivity contribution in [1.29, 1.82) is 0 Å². The smallest absolute Gasteiger partial charge is 0.272 e. The summed E-state index contributed by atoms with van der Waals surface area (Å²) in [6.45, 7) is 0. The van der Waals surface area contributed by atoms with Crippen molar-refractivity contribution in [2.45, 2.75) is 0 Å². The lowest BCUT2D eigenvalue weighted by atomic mass is 10.4. The highest BCUT2D eigenvalue weighted by Crippen LogP contribution is 2.30. The molecular weight excluding hydrogens is 288 g/mol. The first-order valence-corrected chi connectivity index (χ1v) is 4.93. The van der Waals surface area contributed by atoms with Crippen LogP contribution in [0.5, 0.6) is 0 Å². The number of hydrogen-bond donors (Lipinski definition) is 0. The molecule has 3 aromatic rings. The van der Waals surface area contributed by atoms with Crippen molar-refractivity contribution in [2.75, 3.05) is 0 Å². The van der Waals surface area contributed by atoms with E-state index in [0.29, 0.717) is 0 Å². The van der Waals surface area contributed by atoms with E-state index in [4.69, 9.17) is 15.5 Å². The van der Waals surface area contributed by atoms with Gasteiger partial charge in [0.05, 0.1) is 0 Å². The number of hydrogen-bond acceptors (Lipinski definition) is 11. The van der Waals surface area contributed by atoms with Crippen LogP contribution < -0.4 is 0 Å². The molecule has 0 unspecified atom stereocenters. The Kier molecular flexibility index (Phi) is 2.86. The van der Waals surface area contributed by atoms with Gasteiger partial charge in [-0.25, -0.2) is 9.26 Å². The normalized spacial score (nSPS) is 9.90. The van der Waals surface area contributed by atoms with Crippen molar-refractivity contribution < 1.29 is 13.7 Å². The third-order valence-electron chi connectivity index (χ3n) is 2.05. The minimum Gasteiger partial charge on any atom is -0.413 e. The fourth-order valence-electron chi connectivity index (χ4n) is 1.27. The Morgan fingerprint density at radius 2 is 1.24 bits per heavy atom. The highest BCUT2D eigenvalue weighted by Gasteiger charge is 2.22. The van der Waals surface area contributed by atoms with E-state index in [9.17, 15) is 0 Å². The summed E-state index contributed by atoms with van der Waals surface area (Å²) >= 11 is 0. The summed E-state index contributed by atoms with van der Waals surface area (Å²) in [5, 5.41) is 27.4. The molecule has 0 amide bonds. The molecule has 3 heterocycles. The molecular formula is C6N12O3. The van der Waals surface area contributed by atoms with Gasteiger partial charge in [0, 0.05) is 9.82 Å². The van der Waals surface area contributed by atoms with Crippen molar-refractivity contribution in [3.63, 3.8) is 0 Å². The van der Waals surface area contributed by atoms with Crippen LogP contribution in [-0.2, 0) is 0 Å². The van der Waals surface area contributed by atoms with Gasteiger partial charge in [0.2, 0.25) is 23.0 Å². The minimum atomic E-state index is -0.179. The Balaban J connectivity index is 2.04. The molecule has 0 aliphatic carbocycles. The van der Waals surface area contributed by atoms with Crippen molar-refractivity contribution in [2.24, 2.45) is 10.2 Å². The van der Waals surface area contributed by atoms with Crippen molar-refractivity contribution in [3.05, 3.63) is 20.9 Å². The summed E-state index contributed by atoms with van der Waals surface area (Å²) in [5.41, 5.74) is 16.6. The Bertz CT molecular complexity index is 806. The molecule has 102 valence electrons. The fraction of sp³-hybridized carbons (Fsp3) is 0. The monoisotopic (exact) mass is 288 g/mol. The summed E-state index contributed by atoms with van der Waals surface area (Å²) in [6.07, 6.45) is 0. The average Bonchev–Trinajstić information content (AvgIpc) is 3.17. The summed E-state index contributed by atoms with van der Waals surface area (Å²) < 4.78 is 14.1. The van der Waals surface area contributed by atoms with Gasteiger partial charge in [0.15, 0.2) is 0 Å². The van der Waals surface area contributed by atoms with Crippen LogP contribution in [0.3, 0.4) is 0 Å². The van der Waals surface area contributed by atoms with Gasteiger partial charge >= 0.3 is 0 Å². The molecule has 0 aliphatic heterocycles. The summed E-state index contributed by atoms with van der Waals surface area (Å²) in [4.78, 5) is 5.08. The van der Waals surface area contributed by atoms with Gasteiger partial charge in [-0.05, 0) is 41.9 Å². The molecule has 15 nitrogen and oxygen atoms in total. The molecule has 0 aliphatic rings. The molecule has 0 spiro atoms. The van der Waals surface area contributed by atoms with Gasteiger partial charge in [-0.3, -0.25) is 0 Å². The zero-order valence-electron chi connectivity index (χ0n) is 9.59. The first kappa shape index (κ1) is 12.1. The van der Waals surface area contributed by atoms with Crippen LogP contribution >= 0.6 is 0 Å². The summed E-state index contributed by atoms with van der Waals surface area (Å²) in [7, 11) is 0. The van der Waals surface area contributed by atoms with Crippen molar-refractivity contribution >= 4 is 11.6 Å². The second-order valence-electron chi connectivity index (χ2n) is 3.16. The van der Waals surface area contributed by atoms with E-state index in [1.54, 1.807) is 0 Å². The van der Waals surface area contributed by atoms with Crippen LogP contribution in [-0.4, -0.2) is 30.8 Å². The Morgan fingerprint density at radius 3 is 1.67 bits per heavy atom. The second-order valence-corrected chi connectivity index (χ2v) is 3.16. The maximum Gasteiger partial charge on any atom is 0.272 e. The minimum absolute atomic E-state index is 0.0617. The standard InChI is InChI=1S/C6N12O3/c7-17-9-3-1(13-20-15-3)5-11-12-6(19-5)2-4(10-18-8)16-21-14-2. The van der Waals surface area contributed by atoms with E-state index >= 15 is 0 Å². The molecule has 0 saturated heterocycles. The van der Waals surface area contributed by atoms with E-state index in [1.807, 2.05) is 0 Å². The lowest BCUT2D eigenvalue weighted by molar-refractivity contribution is 0.308. The maximum absolute atomic E-state index is 8.37. The number of azide groups is 2. The summed E-state index contributed by atoms with van der Waals surface area (Å²) in [6, 6.07) is 0. The Labute approximate surface area is 111 Å². The van der Waals surface area contributed by atoms with Gasteiger partial charge < -0.3 is 4.42 Å². The molecule has 0 atom stereocenters. The van der Waals surface area contributed by atoms with Gasteiger partial charge in [0.25, 0.3) is 11.8 Å². The number of rotatable bonds is 4. The van der Waals surface area contributed by atoms with Crippen LogP contribution in [0.15, 0.2) is 23.9 Å². The molecule has 21 heavy (non-hydrogen) atoms. The molecule has 0 saturated carbocycles. The van der Waals surface area contributed by atoms with Crippen molar-refractivity contribution in [3.8, 4) is 23.2 Å². The third-order valence-corrected chi connectivity index (χ3v) is 2.05. The molecule has 15 heteroatoms. The fourth-order valence-corrected chi connectivity index (χ4v) is 1.27. The third kappa shape index (κ3) is 2.07. The molecule has 0 N–H and O–H groups in total. The highest BCUT2D eigenvalue weighted by molar-refractivity contribution is 5.64. The van der Waals surface area contributed by atoms with E-state index in [0.717, 1.165) is 0 Å². The predicted octanol–water partition coefficient (Wildman–Crippen LogP) is 2.05. The zero-order chi connectivity index (χ0) is 14.7. The summed E-state index contributed by atoms with van der Waals surface area (Å²) in [5.74, 6) is -0.658. The Hall–Kier alpha value is -3.96. The second kappa shape index (κ2) is 4.96. The van der Waals surface area contributed by atoms with Crippen LogP contribution in [0.4, 0.5) is 11.6 Å². The molecule has 0 radical (unpaired) electrons. The van der Waals surface area contributed by atoms with E-state index in [-0.39, 0.29) is 34.8 Å². The maximum atomic E-state index is 8.37. The average molecular weight is 288 g/mol. The van der Waals surface area contributed by atoms with Crippen molar-refractivity contribution in [1.82, 2.24) is 30.8 Å². The van der Waals surface area contributed by atoms with Gasteiger partial charge in [-0.1, -0.05) is 0 Å². The topological polar surface area (TPSA) is 214 Å². The Morgan fingerprint density at radius 1 is 0.762 bits per heavy atom. The van der Waals surface area contributed by atoms with E-state index in [2.05, 4.69) is 60.1 Å². The number of nitrogens with zero attached hydrogens (tertiary/aromatic N) is 12. The lowest BCUT2D eigenvalue weighted by Gasteiger charge is -1.86. The largest absolute Gasteiger partial charge is 0.413 e. The zero-order valence-corrected chi connectivity index (χ0v) is 9.59. The predicted molar refractivity (Wildman–Crippen MR) is 58.5 cm³/mol. The quantitative estimate of drug-likeness (QED) is 0.389. The number of aromatic nitrogens is 6. The van der Waals surface area contributed by atoms with Crippen LogP contribution in [0.1, 0.15) is 0 Å². The first-order chi connectivity index (χ1) is 10.3. The molecule has 3 aromatic heterocycles. The van der Waals surface area contributed by atoms with Crippen LogP contribution in [0.2, 0.25) is 0 Å². The first-order valence-electron chi connectivity index (χ1n) is 4.93. The molecule has 3 rings (SSSR count). The van der Waals surface area contributed by atoms with Crippen LogP contribution in [0.25, 0.3) is 44.1 Å². The van der Waals surface area contributed by atoms with E-state index < -0.39 is 0 Å². The SMILES string of the molecule is [N-]=[N+]=Nc1nonc1-c1nnc(-c2nonc2N=[N+]=[N-])o1. The highest BCUT2D eigenvalue weighted by atomic mass is 16.6. The van der Waals surface area contributed by atoms with Crippen LogP contribution in [0, 0.1) is 0 Å². The lowest BCUT2D eigenvalue weighted by Crippen LogP contribution is -1.77. The van der Waals surface area contributed by atoms with Gasteiger partial charge in [0.1, 0.15) is 0 Å². The molecule has 0 fully saturated rings. The molecule has 0 bridgehead atoms. The van der Waals surface area contributed by atoms with Gasteiger partial charge in [-0.15, -0.1) is 10.2 Å². The van der Waals surface area contributed by atoms with Gasteiger partial charge in [-0.2, -0.15) is 0 Å².